The van der Waals surface area contributed by atoms with Gasteiger partial charge in [0.1, 0.15) is 11.3 Å². The summed E-state index contributed by atoms with van der Waals surface area (Å²) < 4.78 is 21.6. The van der Waals surface area contributed by atoms with Crippen LogP contribution in [-0.2, 0) is 4.79 Å². The van der Waals surface area contributed by atoms with E-state index in [2.05, 4.69) is 22.0 Å². The molecule has 0 radical (unpaired) electrons. The van der Waals surface area contributed by atoms with Crippen molar-refractivity contribution >= 4 is 34.2 Å². The van der Waals surface area contributed by atoms with Gasteiger partial charge in [-0.1, -0.05) is 35.7 Å². The van der Waals surface area contributed by atoms with Crippen molar-refractivity contribution in [2.75, 3.05) is 18.8 Å². The molecule has 1 unspecified atom stereocenters. The average Bonchev–Trinajstić information content (AvgIpc) is 3.51. The maximum Gasteiger partial charge on any atom is 0.298 e. The Hall–Kier alpha value is -4.29. The minimum Gasteiger partial charge on any atom is -0.453 e. The van der Waals surface area contributed by atoms with Crippen molar-refractivity contribution in [1.82, 2.24) is 19.7 Å². The molecule has 1 fully saturated rings. The van der Waals surface area contributed by atoms with Crippen LogP contribution < -0.4 is 16.0 Å². The number of halogens is 2. The molecule has 0 spiro atoms. The van der Waals surface area contributed by atoms with Crippen LogP contribution in [0.25, 0.3) is 22.0 Å². The molecule has 1 aliphatic heterocycles. The topological polar surface area (TPSA) is 106 Å². The van der Waals surface area contributed by atoms with Crippen molar-refractivity contribution in [2.24, 2.45) is 0 Å². The van der Waals surface area contributed by atoms with E-state index in [0.29, 0.717) is 41.7 Å². The van der Waals surface area contributed by atoms with Gasteiger partial charge in [0.25, 0.3) is 11.5 Å². The number of likely N-dealkylation sites (tertiary alicyclic amines) is 1. The molecule has 3 N–H and O–H groups in total. The number of carbonyl (C=O) groups excluding carboxylic acids is 1. The predicted octanol–water partition coefficient (Wildman–Crippen LogP) is 4.36. The largest absolute Gasteiger partial charge is 0.453 e. The number of amides is 1. The van der Waals surface area contributed by atoms with E-state index in [9.17, 15) is 14.0 Å². The Balaban J connectivity index is 1.52. The van der Waals surface area contributed by atoms with E-state index >= 15 is 0 Å². The first kappa shape index (κ1) is 23.5. The normalized spacial score (nSPS) is 15.1. The van der Waals surface area contributed by atoms with Gasteiger partial charge in [0.05, 0.1) is 16.5 Å². The van der Waals surface area contributed by atoms with Crippen molar-refractivity contribution in [3.8, 4) is 34.5 Å². The number of hydrogen-bond donors (Lipinski definition) is 2. The van der Waals surface area contributed by atoms with Crippen LogP contribution in [0.3, 0.4) is 0 Å². The maximum atomic E-state index is 14.1. The molecule has 5 rings (SSSR count). The molecule has 1 aliphatic rings. The third-order valence-corrected chi connectivity index (χ3v) is 6.46. The molecule has 0 aliphatic carbocycles. The minimum atomic E-state index is -0.568. The lowest BCUT2D eigenvalue weighted by molar-refractivity contribution is -0.124. The number of carbonyl (C=O) groups is 1. The number of benzene rings is 2. The van der Waals surface area contributed by atoms with Gasteiger partial charge in [-0.3, -0.25) is 9.59 Å². The van der Waals surface area contributed by atoms with Crippen LogP contribution in [0.2, 0.25) is 5.02 Å². The molecule has 1 amide bonds. The van der Waals surface area contributed by atoms with E-state index in [-0.39, 0.29) is 34.1 Å². The van der Waals surface area contributed by atoms with Crippen molar-refractivity contribution in [2.45, 2.75) is 19.4 Å². The molecule has 2 aromatic carbocycles. The van der Waals surface area contributed by atoms with Gasteiger partial charge in [-0.2, -0.15) is 5.10 Å². The Bertz CT molecular complexity index is 1580. The molecular weight excluding hydrogens is 485 g/mol. The smallest absolute Gasteiger partial charge is 0.298 e. The van der Waals surface area contributed by atoms with E-state index in [0.717, 1.165) is 5.56 Å². The minimum absolute atomic E-state index is 0.0587. The summed E-state index contributed by atoms with van der Waals surface area (Å²) >= 11 is 6.06. The number of nitrogens with one attached hydrogen (secondary N) is 1. The van der Waals surface area contributed by atoms with Crippen LogP contribution in [0.1, 0.15) is 19.4 Å². The van der Waals surface area contributed by atoms with Crippen LogP contribution in [-0.4, -0.2) is 38.7 Å². The van der Waals surface area contributed by atoms with Crippen LogP contribution in [0, 0.1) is 17.7 Å². The van der Waals surface area contributed by atoms with Crippen molar-refractivity contribution < 1.29 is 13.9 Å². The summed E-state index contributed by atoms with van der Waals surface area (Å²) in [6.07, 6.45) is 2.52. The van der Waals surface area contributed by atoms with Crippen molar-refractivity contribution in [3.63, 3.8) is 0 Å². The highest BCUT2D eigenvalue weighted by Gasteiger charge is 2.29. The van der Waals surface area contributed by atoms with Gasteiger partial charge in [0.2, 0.25) is 0 Å². The van der Waals surface area contributed by atoms with Crippen LogP contribution in [0.5, 0.6) is 11.5 Å². The van der Waals surface area contributed by atoms with Gasteiger partial charge in [-0.05, 0) is 49.1 Å². The second-order valence-electron chi connectivity index (χ2n) is 8.36. The second kappa shape index (κ2) is 9.40. The first-order chi connectivity index (χ1) is 17.4. The molecule has 182 valence electrons. The number of H-pyrrole nitrogens is 1. The third-order valence-electron chi connectivity index (χ3n) is 6.16. The zero-order valence-electron chi connectivity index (χ0n) is 19.2. The van der Waals surface area contributed by atoms with Crippen molar-refractivity contribution in [3.05, 3.63) is 69.9 Å². The summed E-state index contributed by atoms with van der Waals surface area (Å²) in [5, 5.41) is 7.08. The van der Waals surface area contributed by atoms with E-state index in [1.54, 1.807) is 42.2 Å². The molecule has 0 bridgehead atoms. The fourth-order valence-electron chi connectivity index (χ4n) is 4.48. The van der Waals surface area contributed by atoms with Crippen molar-refractivity contribution in [1.29, 1.82) is 0 Å². The van der Waals surface area contributed by atoms with Gasteiger partial charge >= 0.3 is 0 Å². The molecule has 1 atom stereocenters. The lowest BCUT2D eigenvalue weighted by Gasteiger charge is -2.15. The molecule has 0 saturated carbocycles. The second-order valence-corrected chi connectivity index (χ2v) is 8.76. The summed E-state index contributed by atoms with van der Waals surface area (Å²) in [6, 6.07) is 11.1. The maximum absolute atomic E-state index is 14.1. The lowest BCUT2D eigenvalue weighted by atomic mass is 10.1. The van der Waals surface area contributed by atoms with Gasteiger partial charge in [-0.15, -0.1) is 0 Å². The Kier molecular flexibility index (Phi) is 6.12. The summed E-state index contributed by atoms with van der Waals surface area (Å²) in [4.78, 5) is 26.7. The van der Waals surface area contributed by atoms with E-state index in [1.807, 2.05) is 10.8 Å². The van der Waals surface area contributed by atoms with Gasteiger partial charge in [0, 0.05) is 24.8 Å². The van der Waals surface area contributed by atoms with Gasteiger partial charge in [0.15, 0.2) is 17.4 Å². The number of rotatable bonds is 4. The van der Waals surface area contributed by atoms with Gasteiger partial charge in [-0.25, -0.2) is 9.49 Å². The quantitative estimate of drug-likeness (QED) is 0.401. The molecule has 2 aromatic heterocycles. The number of nitrogen functional groups attached to an aromatic ring is 1. The molecule has 10 heteroatoms. The monoisotopic (exact) mass is 505 g/mol. The molecule has 36 heavy (non-hydrogen) atoms. The zero-order chi connectivity index (χ0) is 25.4. The number of aromatic amines is 1. The number of fused-ring (bicyclic) bond motifs is 1. The number of para-hydroxylation sites is 1. The van der Waals surface area contributed by atoms with E-state index in [4.69, 9.17) is 22.1 Å². The number of nitrogens with two attached hydrogens (primary N) is 1. The van der Waals surface area contributed by atoms with Crippen LogP contribution >= 0.6 is 11.6 Å². The number of anilines is 1. The highest BCUT2D eigenvalue weighted by atomic mass is 35.5. The number of hydrogen-bond acceptors (Lipinski definition) is 5. The van der Waals surface area contributed by atoms with Crippen LogP contribution in [0.4, 0.5) is 10.2 Å². The summed E-state index contributed by atoms with van der Waals surface area (Å²) in [6.45, 7) is 2.58. The van der Waals surface area contributed by atoms with Crippen LogP contribution in [0.15, 0.2) is 53.5 Å². The predicted molar refractivity (Wildman–Crippen MR) is 135 cm³/mol. The number of aromatic nitrogens is 3. The summed E-state index contributed by atoms with van der Waals surface area (Å²) in [5.74, 6) is 4.90. The summed E-state index contributed by atoms with van der Waals surface area (Å²) in [7, 11) is 0. The summed E-state index contributed by atoms with van der Waals surface area (Å²) in [5.41, 5.74) is 7.67. The third kappa shape index (κ3) is 4.16. The molecule has 3 heterocycles. The standard InChI is InChI=1S/C26H21ClFN5O3/c1-2-4-21(34)32-12-11-16(13-32)33-14-18(22-23(33)26(35)31-30-25(22)29)15-7-9-17(10-8-15)36-24-19(27)5-3-6-20(24)28/h3,5-10,14,16H,11-13H2,1H3,(H2,29,30)(H,31,35). The first-order valence-electron chi connectivity index (χ1n) is 11.2. The SMILES string of the molecule is CC#CC(=O)N1CCC(n2cc(-c3ccc(Oc4c(F)cccc4Cl)cc3)c3c(N)n[nH]c(=O)c32)C1. The molecule has 1 saturated heterocycles. The highest BCUT2D eigenvalue weighted by Crippen LogP contribution is 2.37. The lowest BCUT2D eigenvalue weighted by Crippen LogP contribution is -2.28. The molecule has 4 aromatic rings. The average molecular weight is 506 g/mol. The highest BCUT2D eigenvalue weighted by molar-refractivity contribution is 6.32. The Morgan fingerprint density at radius 1 is 1.28 bits per heavy atom. The van der Waals surface area contributed by atoms with E-state index < -0.39 is 5.82 Å². The molecular formula is C26H21ClFN5O3. The van der Waals surface area contributed by atoms with E-state index in [1.165, 1.54) is 12.1 Å². The van der Waals surface area contributed by atoms with Gasteiger partial charge < -0.3 is 19.9 Å². The number of nitrogens with zero attached hydrogens (tertiary/aromatic N) is 3. The Labute approximate surface area is 210 Å². The Morgan fingerprint density at radius 2 is 2.06 bits per heavy atom. The fourth-order valence-corrected chi connectivity index (χ4v) is 4.68. The number of ether oxygens (including phenoxy) is 1. The molecule has 8 nitrogen and oxygen atoms in total. The first-order valence-corrected chi connectivity index (χ1v) is 11.6. The zero-order valence-corrected chi connectivity index (χ0v) is 20.0. The Morgan fingerprint density at radius 3 is 2.78 bits per heavy atom. The fraction of sp³-hybridized carbons (Fsp3) is 0.192.